The monoisotopic (exact) mass is 187 g/mol. The molecule has 0 amide bonds. The molecule has 2 nitrogen and oxygen atoms in total. The number of nitrogens with one attached hydrogen (secondary N) is 1. The van der Waals surface area contributed by atoms with Crippen LogP contribution in [0.3, 0.4) is 0 Å². The van der Waals surface area contributed by atoms with Crippen molar-refractivity contribution in [2.75, 3.05) is 12.3 Å². The second kappa shape index (κ2) is 3.20. The van der Waals surface area contributed by atoms with Crippen LogP contribution < -0.4 is 5.32 Å². The van der Waals surface area contributed by atoms with Gasteiger partial charge in [0, 0.05) is 17.0 Å². The van der Waals surface area contributed by atoms with Gasteiger partial charge in [-0.25, -0.2) is 0 Å². The van der Waals surface area contributed by atoms with E-state index in [0.717, 1.165) is 25.1 Å². The second-order valence-electron chi connectivity index (χ2n) is 4.08. The van der Waals surface area contributed by atoms with Crippen LogP contribution in [0, 0.1) is 0 Å². The van der Waals surface area contributed by atoms with E-state index < -0.39 is 5.60 Å². The average molecular weight is 187 g/mol. The highest BCUT2D eigenvalue weighted by molar-refractivity contribution is 8.00. The number of hydrogen-bond donors (Lipinski definition) is 2. The van der Waals surface area contributed by atoms with Gasteiger partial charge in [-0.15, -0.1) is 0 Å². The topological polar surface area (TPSA) is 32.3 Å². The first-order valence-electron chi connectivity index (χ1n) is 4.78. The molecule has 0 aromatic heterocycles. The summed E-state index contributed by atoms with van der Waals surface area (Å²) in [5, 5.41) is 14.3. The van der Waals surface area contributed by atoms with E-state index in [4.69, 9.17) is 0 Å². The zero-order valence-corrected chi connectivity index (χ0v) is 8.36. The van der Waals surface area contributed by atoms with Gasteiger partial charge < -0.3 is 10.4 Å². The third-order valence-electron chi connectivity index (χ3n) is 2.97. The normalized spacial score (nSPS) is 48.5. The lowest BCUT2D eigenvalue weighted by Crippen LogP contribution is -2.48. The first-order chi connectivity index (χ1) is 5.71. The van der Waals surface area contributed by atoms with Gasteiger partial charge in [0.2, 0.25) is 0 Å². The molecule has 12 heavy (non-hydrogen) atoms. The summed E-state index contributed by atoms with van der Waals surface area (Å²) in [5.41, 5.74) is -0.402. The highest BCUT2D eigenvalue weighted by Gasteiger charge is 2.43. The summed E-state index contributed by atoms with van der Waals surface area (Å²) in [5.74, 6) is 0.922. The lowest BCUT2D eigenvalue weighted by molar-refractivity contribution is 0.0297. The van der Waals surface area contributed by atoms with Crippen molar-refractivity contribution in [3.05, 3.63) is 0 Å². The van der Waals surface area contributed by atoms with E-state index in [1.807, 2.05) is 11.8 Å². The van der Waals surface area contributed by atoms with Gasteiger partial charge in [-0.1, -0.05) is 6.92 Å². The van der Waals surface area contributed by atoms with Gasteiger partial charge >= 0.3 is 0 Å². The molecule has 0 bridgehead atoms. The smallest absolute Gasteiger partial charge is 0.0900 e. The van der Waals surface area contributed by atoms with E-state index in [9.17, 15) is 5.11 Å². The average Bonchev–Trinajstić information content (AvgIpc) is 2.59. The summed E-state index contributed by atoms with van der Waals surface area (Å²) in [6.45, 7) is 3.30. The van der Waals surface area contributed by atoms with Crippen LogP contribution in [0.4, 0.5) is 0 Å². The van der Waals surface area contributed by atoms with Crippen LogP contribution in [-0.4, -0.2) is 34.3 Å². The third kappa shape index (κ3) is 1.50. The zero-order valence-electron chi connectivity index (χ0n) is 7.55. The van der Waals surface area contributed by atoms with Crippen LogP contribution in [0.5, 0.6) is 0 Å². The number of rotatable bonds is 1. The summed E-state index contributed by atoms with van der Waals surface area (Å²) in [7, 11) is 0. The van der Waals surface area contributed by atoms with Crippen molar-refractivity contribution >= 4 is 11.8 Å². The third-order valence-corrected chi connectivity index (χ3v) is 4.37. The van der Waals surface area contributed by atoms with Crippen LogP contribution in [0.15, 0.2) is 0 Å². The van der Waals surface area contributed by atoms with Gasteiger partial charge in [0.25, 0.3) is 0 Å². The van der Waals surface area contributed by atoms with E-state index in [1.54, 1.807) is 0 Å². The minimum Gasteiger partial charge on any atom is -0.387 e. The molecule has 3 heteroatoms. The van der Waals surface area contributed by atoms with Crippen molar-refractivity contribution < 1.29 is 5.11 Å². The van der Waals surface area contributed by atoms with Crippen molar-refractivity contribution in [2.45, 2.75) is 43.1 Å². The molecule has 3 unspecified atom stereocenters. The standard InChI is InChI=1S/C9H17NOS/c1-7-5-9(11,6-12-7)8-3-2-4-10-8/h7-8,10-11H,2-6H2,1H3. The Morgan fingerprint density at radius 3 is 2.92 bits per heavy atom. The van der Waals surface area contributed by atoms with Crippen molar-refractivity contribution in [3.63, 3.8) is 0 Å². The Hall–Kier alpha value is 0.270. The van der Waals surface area contributed by atoms with Crippen LogP contribution in [0.2, 0.25) is 0 Å². The van der Waals surface area contributed by atoms with Gasteiger partial charge in [-0.05, 0) is 25.8 Å². The minimum atomic E-state index is -0.402. The molecule has 2 aliphatic heterocycles. The Balaban J connectivity index is 2.00. The van der Waals surface area contributed by atoms with Gasteiger partial charge in [0.05, 0.1) is 5.60 Å². The second-order valence-corrected chi connectivity index (χ2v) is 5.51. The first kappa shape index (κ1) is 8.85. The molecule has 0 radical (unpaired) electrons. The maximum atomic E-state index is 10.3. The van der Waals surface area contributed by atoms with Gasteiger partial charge in [-0.2, -0.15) is 11.8 Å². The molecule has 0 aromatic rings. The molecule has 3 atom stereocenters. The Labute approximate surface area is 78.1 Å². The largest absolute Gasteiger partial charge is 0.387 e. The van der Waals surface area contributed by atoms with Crippen LogP contribution in [0.1, 0.15) is 26.2 Å². The van der Waals surface area contributed by atoms with E-state index in [-0.39, 0.29) is 0 Å². The Bertz CT molecular complexity index is 170. The van der Waals surface area contributed by atoms with Crippen molar-refractivity contribution in [1.29, 1.82) is 0 Å². The summed E-state index contributed by atoms with van der Waals surface area (Å²) < 4.78 is 0. The quantitative estimate of drug-likeness (QED) is 0.642. The molecule has 2 saturated heterocycles. The zero-order chi connectivity index (χ0) is 8.60. The van der Waals surface area contributed by atoms with E-state index in [2.05, 4.69) is 12.2 Å². The van der Waals surface area contributed by atoms with E-state index in [0.29, 0.717) is 11.3 Å². The molecule has 0 spiro atoms. The summed E-state index contributed by atoms with van der Waals surface area (Å²) >= 11 is 1.90. The van der Waals surface area contributed by atoms with Crippen LogP contribution >= 0.6 is 11.8 Å². The van der Waals surface area contributed by atoms with Crippen molar-refractivity contribution in [3.8, 4) is 0 Å². The van der Waals surface area contributed by atoms with Crippen LogP contribution in [-0.2, 0) is 0 Å². The highest BCUT2D eigenvalue weighted by atomic mass is 32.2. The molecule has 2 heterocycles. The molecule has 70 valence electrons. The Kier molecular flexibility index (Phi) is 2.36. The van der Waals surface area contributed by atoms with Gasteiger partial charge in [-0.3, -0.25) is 0 Å². The van der Waals surface area contributed by atoms with Crippen molar-refractivity contribution in [1.82, 2.24) is 5.32 Å². The summed E-state index contributed by atoms with van der Waals surface area (Å²) in [4.78, 5) is 0. The van der Waals surface area contributed by atoms with E-state index >= 15 is 0 Å². The first-order valence-corrected chi connectivity index (χ1v) is 5.83. The molecule has 2 aliphatic rings. The molecule has 2 rings (SSSR count). The summed E-state index contributed by atoms with van der Waals surface area (Å²) in [6, 6.07) is 0.370. The fraction of sp³-hybridized carbons (Fsp3) is 1.00. The lowest BCUT2D eigenvalue weighted by Gasteiger charge is -2.29. The highest BCUT2D eigenvalue weighted by Crippen LogP contribution is 2.38. The fourth-order valence-electron chi connectivity index (χ4n) is 2.29. The maximum absolute atomic E-state index is 10.3. The number of hydrogen-bond acceptors (Lipinski definition) is 3. The lowest BCUT2D eigenvalue weighted by atomic mass is 9.90. The number of thioether (sulfide) groups is 1. The predicted octanol–water partition coefficient (Wildman–Crippen LogP) is 0.995. The molecule has 0 aromatic carbocycles. The summed E-state index contributed by atoms with van der Waals surface area (Å²) in [6.07, 6.45) is 3.35. The molecular formula is C9H17NOS. The molecule has 0 saturated carbocycles. The Morgan fingerprint density at radius 2 is 2.42 bits per heavy atom. The Morgan fingerprint density at radius 1 is 1.58 bits per heavy atom. The maximum Gasteiger partial charge on any atom is 0.0900 e. The molecular weight excluding hydrogens is 170 g/mol. The van der Waals surface area contributed by atoms with E-state index in [1.165, 1.54) is 6.42 Å². The number of aliphatic hydroxyl groups is 1. The minimum absolute atomic E-state index is 0.370. The SMILES string of the molecule is CC1CC(O)(C2CCCN2)CS1. The predicted molar refractivity (Wildman–Crippen MR) is 52.5 cm³/mol. The molecule has 2 fully saturated rings. The van der Waals surface area contributed by atoms with Crippen molar-refractivity contribution in [2.24, 2.45) is 0 Å². The fourth-order valence-corrected chi connectivity index (χ4v) is 3.59. The molecule has 2 N–H and O–H groups in total. The van der Waals surface area contributed by atoms with Gasteiger partial charge in [0.1, 0.15) is 0 Å². The molecule has 0 aliphatic carbocycles. The van der Waals surface area contributed by atoms with Gasteiger partial charge in [0.15, 0.2) is 0 Å². The van der Waals surface area contributed by atoms with Crippen LogP contribution in [0.25, 0.3) is 0 Å².